The second-order valence-electron chi connectivity index (χ2n) is 7.39. The van der Waals surface area contributed by atoms with Crippen molar-refractivity contribution in [3.05, 3.63) is 63.9 Å². The van der Waals surface area contributed by atoms with E-state index in [1.54, 1.807) is 0 Å². The summed E-state index contributed by atoms with van der Waals surface area (Å²) in [7, 11) is 0. The Hall–Kier alpha value is -2.04. The van der Waals surface area contributed by atoms with E-state index in [4.69, 9.17) is 28.2 Å². The number of aromatic nitrogens is 2. The van der Waals surface area contributed by atoms with Crippen molar-refractivity contribution >= 4 is 40.1 Å². The Balaban J connectivity index is 1.69. The van der Waals surface area contributed by atoms with Crippen LogP contribution in [-0.2, 0) is 11.3 Å². The summed E-state index contributed by atoms with van der Waals surface area (Å²) in [6, 6.07) is 13.8. The van der Waals surface area contributed by atoms with E-state index in [0.29, 0.717) is 23.0 Å². The van der Waals surface area contributed by atoms with Crippen molar-refractivity contribution in [2.24, 2.45) is 0 Å². The van der Waals surface area contributed by atoms with Crippen LogP contribution in [0.2, 0.25) is 10.0 Å². The number of nitrogens with zero attached hydrogens (tertiary/aromatic N) is 3. The lowest BCUT2D eigenvalue weighted by atomic mass is 10.1. The van der Waals surface area contributed by atoms with Gasteiger partial charge >= 0.3 is 0 Å². The van der Waals surface area contributed by atoms with Crippen molar-refractivity contribution < 1.29 is 4.79 Å². The molecule has 1 aromatic heterocycles. The van der Waals surface area contributed by atoms with Crippen molar-refractivity contribution in [2.75, 3.05) is 13.1 Å². The van der Waals surface area contributed by atoms with Crippen LogP contribution in [0.5, 0.6) is 0 Å². The smallest absolute Gasteiger partial charge is 0.223 e. The molecule has 0 aliphatic carbocycles. The lowest BCUT2D eigenvalue weighted by Crippen LogP contribution is -2.26. The second-order valence-corrected chi connectivity index (χ2v) is 8.20. The molecule has 1 aliphatic heterocycles. The van der Waals surface area contributed by atoms with Gasteiger partial charge in [0.25, 0.3) is 0 Å². The first-order chi connectivity index (χ1) is 13.6. The molecule has 2 aromatic carbocycles. The second kappa shape index (κ2) is 8.14. The van der Waals surface area contributed by atoms with Crippen LogP contribution in [0.15, 0.2) is 42.5 Å². The van der Waals surface area contributed by atoms with Crippen LogP contribution in [0.4, 0.5) is 0 Å². The third kappa shape index (κ3) is 3.76. The van der Waals surface area contributed by atoms with Crippen LogP contribution in [0.3, 0.4) is 0 Å². The summed E-state index contributed by atoms with van der Waals surface area (Å²) in [4.78, 5) is 19.4. The van der Waals surface area contributed by atoms with Gasteiger partial charge in [0.1, 0.15) is 5.82 Å². The predicted molar refractivity (Wildman–Crippen MR) is 114 cm³/mol. The molecule has 28 heavy (non-hydrogen) atoms. The highest BCUT2D eigenvalue weighted by Gasteiger charge is 2.33. The molecular weight excluding hydrogens is 393 g/mol. The molecular formula is C22H23Cl2N3O. The fourth-order valence-electron chi connectivity index (χ4n) is 3.90. The number of likely N-dealkylation sites (tertiary alicyclic amines) is 1. The maximum Gasteiger partial charge on any atom is 0.223 e. The zero-order valence-corrected chi connectivity index (χ0v) is 17.4. The number of imidazole rings is 1. The third-order valence-electron chi connectivity index (χ3n) is 5.37. The summed E-state index contributed by atoms with van der Waals surface area (Å²) in [5.41, 5.74) is 3.09. The minimum atomic E-state index is 0.111. The first kappa shape index (κ1) is 19.3. The van der Waals surface area contributed by atoms with Crippen LogP contribution in [0, 0.1) is 0 Å². The Kier molecular flexibility index (Phi) is 5.61. The summed E-state index contributed by atoms with van der Waals surface area (Å²) in [6.45, 7) is 4.36. The minimum Gasteiger partial charge on any atom is -0.342 e. The van der Waals surface area contributed by atoms with E-state index in [-0.39, 0.29) is 11.8 Å². The van der Waals surface area contributed by atoms with E-state index >= 15 is 0 Å². The number of carbonyl (C=O) groups is 1. The number of unbranched alkanes of at least 4 members (excludes halogenated alkanes) is 1. The van der Waals surface area contributed by atoms with E-state index in [0.717, 1.165) is 48.4 Å². The first-order valence-electron chi connectivity index (χ1n) is 9.73. The average molecular weight is 416 g/mol. The highest BCUT2D eigenvalue weighted by Crippen LogP contribution is 2.32. The Labute approximate surface area is 175 Å². The van der Waals surface area contributed by atoms with Crippen molar-refractivity contribution in [3.63, 3.8) is 0 Å². The molecule has 1 fully saturated rings. The lowest BCUT2D eigenvalue weighted by Gasteiger charge is -2.17. The Morgan fingerprint density at radius 3 is 2.75 bits per heavy atom. The minimum absolute atomic E-state index is 0.111. The predicted octanol–water partition coefficient (Wildman–Crippen LogP) is 5.51. The van der Waals surface area contributed by atoms with E-state index < -0.39 is 0 Å². The summed E-state index contributed by atoms with van der Waals surface area (Å²) in [6.07, 6.45) is 2.65. The van der Waals surface area contributed by atoms with Gasteiger partial charge in [-0.2, -0.15) is 0 Å². The molecule has 0 N–H and O–H groups in total. The topological polar surface area (TPSA) is 38.1 Å². The van der Waals surface area contributed by atoms with Crippen molar-refractivity contribution in [1.29, 1.82) is 0 Å². The Morgan fingerprint density at radius 2 is 1.96 bits per heavy atom. The number of carbonyl (C=O) groups excluding carboxylic acids is 1. The van der Waals surface area contributed by atoms with Gasteiger partial charge in [-0.3, -0.25) is 4.79 Å². The molecule has 1 amide bonds. The fourth-order valence-corrected chi connectivity index (χ4v) is 4.22. The van der Waals surface area contributed by atoms with E-state index in [1.165, 1.54) is 0 Å². The van der Waals surface area contributed by atoms with Crippen molar-refractivity contribution in [3.8, 4) is 0 Å². The molecule has 6 heteroatoms. The van der Waals surface area contributed by atoms with Gasteiger partial charge in [-0.05, 0) is 36.2 Å². The number of benzene rings is 2. The number of halogens is 2. The molecule has 1 saturated heterocycles. The highest BCUT2D eigenvalue weighted by molar-refractivity contribution is 6.42. The quantitative estimate of drug-likeness (QED) is 0.532. The molecule has 146 valence electrons. The summed E-state index contributed by atoms with van der Waals surface area (Å²) < 4.78 is 2.22. The molecule has 4 nitrogen and oxygen atoms in total. The number of hydrogen-bond acceptors (Lipinski definition) is 2. The lowest BCUT2D eigenvalue weighted by molar-refractivity contribution is -0.127. The molecule has 0 radical (unpaired) electrons. The van der Waals surface area contributed by atoms with Crippen molar-refractivity contribution in [2.45, 2.75) is 38.6 Å². The van der Waals surface area contributed by atoms with Crippen LogP contribution in [0.1, 0.15) is 43.5 Å². The molecule has 0 spiro atoms. The summed E-state index contributed by atoms with van der Waals surface area (Å²) in [5, 5.41) is 1.10. The van der Waals surface area contributed by atoms with Crippen LogP contribution in [0.25, 0.3) is 11.0 Å². The molecule has 2 heterocycles. The van der Waals surface area contributed by atoms with E-state index in [1.807, 2.05) is 41.3 Å². The van der Waals surface area contributed by atoms with Gasteiger partial charge in [-0.25, -0.2) is 4.98 Å². The molecule has 1 aliphatic rings. The molecule has 3 aromatic rings. The zero-order chi connectivity index (χ0) is 19.7. The van der Waals surface area contributed by atoms with E-state index in [9.17, 15) is 4.79 Å². The maximum atomic E-state index is 12.5. The first-order valence-corrected chi connectivity index (χ1v) is 10.5. The SMILES string of the molecule is CCCCN1C[C@H](c2nc3ccccc3n2Cc2ccc(Cl)c(Cl)c2)CC1=O. The standard InChI is InChI=1S/C22H23Cl2N3O/c1-2-3-10-26-14-16(12-21(26)28)22-25-19-6-4-5-7-20(19)27(22)13-15-8-9-17(23)18(24)11-15/h4-9,11,16H,2-3,10,12-14H2,1H3/t16-/m1/s1. The number of hydrogen-bond donors (Lipinski definition) is 0. The largest absolute Gasteiger partial charge is 0.342 e. The molecule has 0 saturated carbocycles. The van der Waals surface area contributed by atoms with Gasteiger partial charge in [0.15, 0.2) is 0 Å². The molecule has 4 rings (SSSR count). The number of amides is 1. The maximum absolute atomic E-state index is 12.5. The van der Waals surface area contributed by atoms with Gasteiger partial charge in [0.05, 0.1) is 21.1 Å². The molecule has 0 unspecified atom stereocenters. The Bertz CT molecular complexity index is 1010. The number of para-hydroxylation sites is 2. The zero-order valence-electron chi connectivity index (χ0n) is 15.9. The van der Waals surface area contributed by atoms with Crippen LogP contribution >= 0.6 is 23.2 Å². The number of rotatable bonds is 6. The summed E-state index contributed by atoms with van der Waals surface area (Å²) in [5.74, 6) is 1.31. The van der Waals surface area contributed by atoms with Gasteiger partial charge < -0.3 is 9.47 Å². The van der Waals surface area contributed by atoms with Gasteiger partial charge in [-0.15, -0.1) is 0 Å². The normalized spacial score (nSPS) is 17.0. The van der Waals surface area contributed by atoms with Crippen LogP contribution < -0.4 is 0 Å². The van der Waals surface area contributed by atoms with Crippen LogP contribution in [-0.4, -0.2) is 33.4 Å². The molecule has 1 atom stereocenters. The van der Waals surface area contributed by atoms with E-state index in [2.05, 4.69) is 17.6 Å². The summed E-state index contributed by atoms with van der Waals surface area (Å²) >= 11 is 12.3. The highest BCUT2D eigenvalue weighted by atomic mass is 35.5. The van der Waals surface area contributed by atoms with Gasteiger partial charge in [0.2, 0.25) is 5.91 Å². The van der Waals surface area contributed by atoms with Gasteiger partial charge in [-0.1, -0.05) is 54.7 Å². The third-order valence-corrected chi connectivity index (χ3v) is 6.11. The average Bonchev–Trinajstić information content (AvgIpc) is 3.24. The van der Waals surface area contributed by atoms with Gasteiger partial charge in [0, 0.05) is 32.0 Å². The number of fused-ring (bicyclic) bond motifs is 1. The Morgan fingerprint density at radius 1 is 1.14 bits per heavy atom. The monoisotopic (exact) mass is 415 g/mol. The van der Waals surface area contributed by atoms with Crippen molar-refractivity contribution in [1.82, 2.24) is 14.5 Å². The fraction of sp³-hybridized carbons (Fsp3) is 0.364. The molecule has 0 bridgehead atoms.